The van der Waals surface area contributed by atoms with Gasteiger partial charge in [-0.2, -0.15) is 0 Å². The molecule has 1 atom stereocenters. The first-order valence-corrected chi connectivity index (χ1v) is 7.04. The van der Waals surface area contributed by atoms with Crippen LogP contribution in [0.5, 0.6) is 0 Å². The number of rotatable bonds is 6. The van der Waals surface area contributed by atoms with E-state index in [0.717, 1.165) is 5.56 Å². The lowest BCUT2D eigenvalue weighted by Crippen LogP contribution is -2.41. The summed E-state index contributed by atoms with van der Waals surface area (Å²) >= 11 is 0. The summed E-state index contributed by atoms with van der Waals surface area (Å²) in [4.78, 5) is 23.1. The van der Waals surface area contributed by atoms with Gasteiger partial charge in [0.05, 0.1) is 12.6 Å². The lowest BCUT2D eigenvalue weighted by molar-refractivity contribution is 0.150. The highest BCUT2D eigenvalue weighted by molar-refractivity contribution is 5.73. The maximum absolute atomic E-state index is 11.6. The lowest BCUT2D eigenvalue weighted by Gasteiger charge is -2.14. The Morgan fingerprint density at radius 3 is 2.55 bits per heavy atom. The number of nitrogens with one attached hydrogen (secondary N) is 2. The van der Waals surface area contributed by atoms with Crippen LogP contribution >= 0.6 is 0 Å². The molecule has 2 amide bonds. The van der Waals surface area contributed by atoms with E-state index in [1.165, 1.54) is 10.6 Å². The number of carbonyl (C=O) groups is 1. The van der Waals surface area contributed by atoms with Crippen LogP contribution in [0.25, 0.3) is 0 Å². The highest BCUT2D eigenvalue weighted by Gasteiger charge is 2.08. The van der Waals surface area contributed by atoms with E-state index in [9.17, 15) is 14.7 Å². The molecule has 3 N–H and O–H groups in total. The Labute approximate surface area is 128 Å². The maximum atomic E-state index is 11.6. The van der Waals surface area contributed by atoms with Crippen LogP contribution in [-0.2, 0) is 13.1 Å². The van der Waals surface area contributed by atoms with Crippen molar-refractivity contribution >= 4 is 6.03 Å². The van der Waals surface area contributed by atoms with Crippen molar-refractivity contribution < 1.29 is 9.90 Å². The molecular weight excluding hydrogens is 282 g/mol. The zero-order chi connectivity index (χ0) is 15.8. The SMILES string of the molecule is O=C(NCc1ccccc1)NCC(O)Cn1ccccc1=O. The Hall–Kier alpha value is -2.60. The highest BCUT2D eigenvalue weighted by atomic mass is 16.3. The monoisotopic (exact) mass is 301 g/mol. The minimum atomic E-state index is -0.831. The molecule has 6 nitrogen and oxygen atoms in total. The van der Waals surface area contributed by atoms with Gasteiger partial charge in [-0.05, 0) is 11.6 Å². The average molecular weight is 301 g/mol. The molecule has 2 aromatic rings. The fourth-order valence-corrected chi connectivity index (χ4v) is 1.95. The Balaban J connectivity index is 1.72. The predicted molar refractivity (Wildman–Crippen MR) is 83.4 cm³/mol. The number of urea groups is 1. The zero-order valence-electron chi connectivity index (χ0n) is 12.1. The number of nitrogens with zero attached hydrogens (tertiary/aromatic N) is 1. The molecule has 6 heteroatoms. The molecule has 2 rings (SSSR count). The molecule has 0 aliphatic rings. The van der Waals surface area contributed by atoms with Crippen molar-refractivity contribution in [2.45, 2.75) is 19.2 Å². The average Bonchev–Trinajstić information content (AvgIpc) is 2.54. The number of hydrogen-bond acceptors (Lipinski definition) is 3. The Morgan fingerprint density at radius 1 is 1.09 bits per heavy atom. The Bertz CT molecular complexity index is 655. The summed E-state index contributed by atoms with van der Waals surface area (Å²) in [7, 11) is 0. The number of amides is 2. The molecule has 0 radical (unpaired) electrons. The van der Waals surface area contributed by atoms with E-state index >= 15 is 0 Å². The van der Waals surface area contributed by atoms with E-state index in [1.807, 2.05) is 30.3 Å². The van der Waals surface area contributed by atoms with E-state index in [0.29, 0.717) is 6.54 Å². The molecular formula is C16H19N3O3. The van der Waals surface area contributed by atoms with E-state index in [4.69, 9.17) is 0 Å². The van der Waals surface area contributed by atoms with Crippen LogP contribution in [0.2, 0.25) is 0 Å². The fourth-order valence-electron chi connectivity index (χ4n) is 1.95. The molecule has 0 saturated heterocycles. The van der Waals surface area contributed by atoms with Gasteiger partial charge in [0, 0.05) is 25.4 Å². The third-order valence-corrected chi connectivity index (χ3v) is 3.10. The third kappa shape index (κ3) is 5.06. The van der Waals surface area contributed by atoms with Crippen molar-refractivity contribution in [2.24, 2.45) is 0 Å². The molecule has 0 bridgehead atoms. The molecule has 0 spiro atoms. The van der Waals surface area contributed by atoms with Crippen molar-refractivity contribution in [3.63, 3.8) is 0 Å². The fraction of sp³-hybridized carbons (Fsp3) is 0.250. The first-order valence-electron chi connectivity index (χ1n) is 7.04. The van der Waals surface area contributed by atoms with Gasteiger partial charge in [0.15, 0.2) is 0 Å². The Morgan fingerprint density at radius 2 is 1.82 bits per heavy atom. The molecule has 22 heavy (non-hydrogen) atoms. The van der Waals surface area contributed by atoms with Crippen LogP contribution < -0.4 is 16.2 Å². The van der Waals surface area contributed by atoms with Crippen molar-refractivity contribution in [1.82, 2.24) is 15.2 Å². The van der Waals surface area contributed by atoms with Gasteiger partial charge in [0.25, 0.3) is 5.56 Å². The van der Waals surface area contributed by atoms with Gasteiger partial charge in [-0.1, -0.05) is 36.4 Å². The van der Waals surface area contributed by atoms with Gasteiger partial charge in [0.2, 0.25) is 0 Å². The number of hydrogen-bond donors (Lipinski definition) is 3. The molecule has 0 aliphatic heterocycles. The van der Waals surface area contributed by atoms with Crippen molar-refractivity contribution in [3.05, 3.63) is 70.6 Å². The van der Waals surface area contributed by atoms with Crippen molar-refractivity contribution in [3.8, 4) is 0 Å². The predicted octanol–water partition coefficient (Wildman–Crippen LogP) is 0.709. The summed E-state index contributed by atoms with van der Waals surface area (Å²) in [6.45, 7) is 0.626. The quantitative estimate of drug-likeness (QED) is 0.735. The van der Waals surface area contributed by atoms with Crippen LogP contribution in [0, 0.1) is 0 Å². The molecule has 1 unspecified atom stereocenters. The number of carbonyl (C=O) groups excluding carboxylic acids is 1. The zero-order valence-corrected chi connectivity index (χ0v) is 12.1. The summed E-state index contributed by atoms with van der Waals surface area (Å²) < 4.78 is 1.40. The first-order chi connectivity index (χ1) is 10.6. The van der Waals surface area contributed by atoms with Gasteiger partial charge in [-0.25, -0.2) is 4.79 Å². The minimum Gasteiger partial charge on any atom is -0.389 e. The molecule has 1 aromatic carbocycles. The summed E-state index contributed by atoms with van der Waals surface area (Å²) in [5.41, 5.74) is 0.809. The molecule has 0 aliphatic carbocycles. The van der Waals surface area contributed by atoms with Crippen molar-refractivity contribution in [1.29, 1.82) is 0 Å². The highest BCUT2D eigenvalue weighted by Crippen LogP contribution is 1.96. The van der Waals surface area contributed by atoms with Crippen LogP contribution in [-0.4, -0.2) is 28.4 Å². The smallest absolute Gasteiger partial charge is 0.315 e. The molecule has 0 fully saturated rings. The summed E-state index contributed by atoms with van der Waals surface area (Å²) in [5, 5.41) is 15.1. The first kappa shape index (κ1) is 15.8. The third-order valence-electron chi connectivity index (χ3n) is 3.10. The second-order valence-electron chi connectivity index (χ2n) is 4.89. The largest absolute Gasteiger partial charge is 0.389 e. The molecule has 0 saturated carbocycles. The minimum absolute atomic E-state index is 0.0714. The number of aliphatic hydroxyl groups excluding tert-OH is 1. The van der Waals surface area contributed by atoms with E-state index in [1.54, 1.807) is 18.3 Å². The Kier molecular flexibility index (Phi) is 5.73. The standard InChI is InChI=1S/C16H19N3O3/c20-14(12-19-9-5-4-8-15(19)21)11-18-16(22)17-10-13-6-2-1-3-7-13/h1-9,14,20H,10-12H2,(H2,17,18,22). The van der Waals surface area contributed by atoms with E-state index in [2.05, 4.69) is 10.6 Å². The van der Waals surface area contributed by atoms with Crippen LogP contribution in [0.1, 0.15) is 5.56 Å². The topological polar surface area (TPSA) is 83.4 Å². The van der Waals surface area contributed by atoms with Gasteiger partial charge in [0.1, 0.15) is 0 Å². The van der Waals surface area contributed by atoms with Gasteiger partial charge < -0.3 is 20.3 Å². The molecule has 116 valence electrons. The van der Waals surface area contributed by atoms with Gasteiger partial charge >= 0.3 is 6.03 Å². The van der Waals surface area contributed by atoms with Crippen LogP contribution in [0.15, 0.2) is 59.5 Å². The number of pyridine rings is 1. The maximum Gasteiger partial charge on any atom is 0.315 e. The number of aromatic nitrogens is 1. The summed E-state index contributed by atoms with van der Waals surface area (Å²) in [5.74, 6) is 0. The second kappa shape index (κ2) is 7.99. The van der Waals surface area contributed by atoms with Crippen LogP contribution in [0.3, 0.4) is 0 Å². The van der Waals surface area contributed by atoms with E-state index < -0.39 is 6.10 Å². The normalized spacial score (nSPS) is 11.7. The number of benzene rings is 1. The van der Waals surface area contributed by atoms with Gasteiger partial charge in [-0.15, -0.1) is 0 Å². The van der Waals surface area contributed by atoms with E-state index in [-0.39, 0.29) is 24.7 Å². The number of aliphatic hydroxyl groups is 1. The lowest BCUT2D eigenvalue weighted by atomic mass is 10.2. The summed E-state index contributed by atoms with van der Waals surface area (Å²) in [6.07, 6.45) is 0.767. The summed E-state index contributed by atoms with van der Waals surface area (Å²) in [6, 6.07) is 14.0. The molecule has 1 aromatic heterocycles. The van der Waals surface area contributed by atoms with Crippen LogP contribution in [0.4, 0.5) is 4.79 Å². The molecule has 1 heterocycles. The second-order valence-corrected chi connectivity index (χ2v) is 4.89. The van der Waals surface area contributed by atoms with Crippen molar-refractivity contribution in [2.75, 3.05) is 6.54 Å². The van der Waals surface area contributed by atoms with Gasteiger partial charge in [-0.3, -0.25) is 4.79 Å².